The summed E-state index contributed by atoms with van der Waals surface area (Å²) in [6, 6.07) is 1.35. The number of hydrogen-bond acceptors (Lipinski definition) is 3. The Hall–Kier alpha value is -0.650. The number of rotatable bonds is 3. The van der Waals surface area contributed by atoms with E-state index >= 15 is 0 Å². The van der Waals surface area contributed by atoms with Crippen molar-refractivity contribution in [2.45, 2.75) is 13.0 Å². The predicted molar refractivity (Wildman–Crippen MR) is 63.0 cm³/mol. The maximum atomic E-state index is 11.5. The van der Waals surface area contributed by atoms with E-state index in [9.17, 15) is 4.79 Å². The van der Waals surface area contributed by atoms with E-state index in [0.717, 1.165) is 0 Å². The van der Waals surface area contributed by atoms with Gasteiger partial charge in [0.1, 0.15) is 4.88 Å². The van der Waals surface area contributed by atoms with Crippen LogP contribution < -0.4 is 11.1 Å². The summed E-state index contributed by atoms with van der Waals surface area (Å²) in [5.41, 5.74) is 5.36. The summed E-state index contributed by atoms with van der Waals surface area (Å²) in [4.78, 5) is 12.3. The third-order valence-electron chi connectivity index (χ3n) is 1.60. The summed E-state index contributed by atoms with van der Waals surface area (Å²) in [6.07, 6.45) is 0. The molecule has 3 nitrogen and oxygen atoms in total. The third kappa shape index (κ3) is 2.67. The van der Waals surface area contributed by atoms with Gasteiger partial charge >= 0.3 is 0 Å². The molecule has 1 heterocycles. The van der Waals surface area contributed by atoms with Gasteiger partial charge < -0.3 is 11.1 Å². The smallest absolute Gasteiger partial charge is 0.263 e. The van der Waals surface area contributed by atoms with E-state index in [4.69, 9.17) is 29.6 Å². The van der Waals surface area contributed by atoms with Gasteiger partial charge in [0.25, 0.3) is 5.91 Å². The van der Waals surface area contributed by atoms with Crippen LogP contribution >= 0.6 is 35.2 Å². The van der Waals surface area contributed by atoms with Gasteiger partial charge in [0.15, 0.2) is 0 Å². The van der Waals surface area contributed by atoms with E-state index < -0.39 is 0 Å². The minimum absolute atomic E-state index is 0.245. The van der Waals surface area contributed by atoms with E-state index in [1.54, 1.807) is 18.4 Å². The van der Waals surface area contributed by atoms with Gasteiger partial charge in [-0.25, -0.2) is 0 Å². The number of nitrogens with two attached hydrogens (primary N) is 1. The van der Waals surface area contributed by atoms with Crippen LogP contribution in [0.2, 0.25) is 5.02 Å². The highest BCUT2D eigenvalue weighted by molar-refractivity contribution is 7.80. The summed E-state index contributed by atoms with van der Waals surface area (Å²) >= 11 is 11.8. The molecule has 1 unspecified atom stereocenters. The zero-order chi connectivity index (χ0) is 10.7. The molecule has 3 N–H and O–H groups in total. The molecule has 1 atom stereocenters. The van der Waals surface area contributed by atoms with Crippen LogP contribution in [0, 0.1) is 0 Å². The fraction of sp³-hybridized carbons (Fsp3) is 0.250. The zero-order valence-electron chi connectivity index (χ0n) is 7.41. The second kappa shape index (κ2) is 4.72. The molecule has 0 aliphatic rings. The van der Waals surface area contributed by atoms with Gasteiger partial charge in [-0.2, -0.15) is 0 Å². The van der Waals surface area contributed by atoms with Crippen LogP contribution in [-0.2, 0) is 0 Å². The second-order valence-electron chi connectivity index (χ2n) is 2.70. The molecule has 1 aromatic rings. The molecule has 0 saturated carbocycles. The lowest BCUT2D eigenvalue weighted by atomic mass is 10.3. The van der Waals surface area contributed by atoms with Crippen molar-refractivity contribution < 1.29 is 4.79 Å². The monoisotopic (exact) mass is 248 g/mol. The van der Waals surface area contributed by atoms with Crippen LogP contribution in [0.25, 0.3) is 0 Å². The van der Waals surface area contributed by atoms with Crippen molar-refractivity contribution >= 4 is 46.1 Å². The predicted octanol–water partition coefficient (Wildman–Crippen LogP) is 1.81. The largest absolute Gasteiger partial charge is 0.392 e. The number of hydrogen-bond donors (Lipinski definition) is 2. The van der Waals surface area contributed by atoms with E-state index in [1.807, 2.05) is 0 Å². The van der Waals surface area contributed by atoms with Gasteiger partial charge in [0.05, 0.1) is 16.1 Å². The molecule has 1 amide bonds. The Kier molecular flexibility index (Phi) is 3.86. The molecule has 6 heteroatoms. The lowest BCUT2D eigenvalue weighted by Crippen LogP contribution is -2.40. The molecule has 0 fully saturated rings. The number of amides is 1. The summed E-state index contributed by atoms with van der Waals surface area (Å²) in [7, 11) is 0. The number of carbonyl (C=O) groups is 1. The quantitative estimate of drug-likeness (QED) is 0.803. The Bertz CT molecular complexity index is 364. The van der Waals surface area contributed by atoms with Gasteiger partial charge in [-0.05, 0) is 18.4 Å². The normalized spacial score (nSPS) is 12.1. The fourth-order valence-electron chi connectivity index (χ4n) is 0.789. The van der Waals surface area contributed by atoms with Gasteiger partial charge in [-0.3, -0.25) is 4.79 Å². The molecule has 14 heavy (non-hydrogen) atoms. The Morgan fingerprint density at radius 1 is 1.79 bits per heavy atom. The van der Waals surface area contributed by atoms with Crippen LogP contribution in [0.15, 0.2) is 11.4 Å². The molecule has 0 radical (unpaired) electrons. The Morgan fingerprint density at radius 3 is 2.86 bits per heavy atom. The minimum atomic E-state index is -0.323. The summed E-state index contributed by atoms with van der Waals surface area (Å²) in [6.45, 7) is 1.72. The Morgan fingerprint density at radius 2 is 2.43 bits per heavy atom. The number of halogens is 1. The Balaban J connectivity index is 2.69. The van der Waals surface area contributed by atoms with Gasteiger partial charge in [-0.1, -0.05) is 23.8 Å². The lowest BCUT2D eigenvalue weighted by Gasteiger charge is -2.10. The molecule has 0 spiro atoms. The molecule has 76 valence electrons. The lowest BCUT2D eigenvalue weighted by molar-refractivity contribution is 0.0953. The number of nitrogens with one attached hydrogen (secondary N) is 1. The molecule has 0 aromatic carbocycles. The zero-order valence-corrected chi connectivity index (χ0v) is 9.80. The van der Waals surface area contributed by atoms with E-state index in [1.165, 1.54) is 11.3 Å². The van der Waals surface area contributed by atoms with Crippen molar-refractivity contribution in [1.82, 2.24) is 5.32 Å². The van der Waals surface area contributed by atoms with Crippen molar-refractivity contribution in [2.24, 2.45) is 5.73 Å². The Labute approximate surface area is 96.2 Å². The van der Waals surface area contributed by atoms with E-state index in [0.29, 0.717) is 9.90 Å². The molecule has 0 bridgehead atoms. The van der Waals surface area contributed by atoms with Crippen molar-refractivity contribution in [1.29, 1.82) is 0 Å². The highest BCUT2D eigenvalue weighted by Gasteiger charge is 2.15. The summed E-state index contributed by atoms with van der Waals surface area (Å²) in [5.74, 6) is -0.245. The highest BCUT2D eigenvalue weighted by Crippen LogP contribution is 2.21. The van der Waals surface area contributed by atoms with E-state index in [2.05, 4.69) is 5.32 Å². The number of thiocarbonyl (C=S) groups is 1. The van der Waals surface area contributed by atoms with Crippen LogP contribution in [0.3, 0.4) is 0 Å². The van der Waals surface area contributed by atoms with Crippen LogP contribution in [0.5, 0.6) is 0 Å². The highest BCUT2D eigenvalue weighted by atomic mass is 35.5. The van der Waals surface area contributed by atoms with Crippen molar-refractivity contribution in [3.8, 4) is 0 Å². The first-order chi connectivity index (χ1) is 6.52. The van der Waals surface area contributed by atoms with Crippen molar-refractivity contribution in [3.05, 3.63) is 21.3 Å². The molecule has 1 rings (SSSR count). The molecule has 0 aliphatic heterocycles. The molecule has 0 aliphatic carbocycles. The van der Waals surface area contributed by atoms with Crippen molar-refractivity contribution in [3.63, 3.8) is 0 Å². The number of thiophene rings is 1. The average Bonchev–Trinajstić information content (AvgIpc) is 2.51. The van der Waals surface area contributed by atoms with Crippen LogP contribution in [-0.4, -0.2) is 16.9 Å². The molecule has 0 saturated heterocycles. The summed E-state index contributed by atoms with van der Waals surface area (Å²) in [5, 5.41) is 4.84. The first kappa shape index (κ1) is 11.4. The second-order valence-corrected chi connectivity index (χ2v) is 4.49. The van der Waals surface area contributed by atoms with Gasteiger partial charge in [0, 0.05) is 0 Å². The molecular formula is C8H9ClN2OS2. The first-order valence-electron chi connectivity index (χ1n) is 3.85. The van der Waals surface area contributed by atoms with Crippen LogP contribution in [0.4, 0.5) is 0 Å². The average molecular weight is 249 g/mol. The third-order valence-corrected chi connectivity index (χ3v) is 3.29. The maximum absolute atomic E-state index is 11.5. The van der Waals surface area contributed by atoms with E-state index in [-0.39, 0.29) is 16.9 Å². The van der Waals surface area contributed by atoms with Crippen LogP contribution in [0.1, 0.15) is 16.6 Å². The summed E-state index contributed by atoms with van der Waals surface area (Å²) < 4.78 is 0. The van der Waals surface area contributed by atoms with Crippen molar-refractivity contribution in [2.75, 3.05) is 0 Å². The SMILES string of the molecule is CC(NC(=O)c1sccc1Cl)C(N)=S. The minimum Gasteiger partial charge on any atom is -0.392 e. The maximum Gasteiger partial charge on any atom is 0.263 e. The molecular weight excluding hydrogens is 240 g/mol. The van der Waals surface area contributed by atoms with Gasteiger partial charge in [0.2, 0.25) is 0 Å². The molecule has 1 aromatic heterocycles. The number of carbonyl (C=O) groups excluding carboxylic acids is 1. The van der Waals surface area contributed by atoms with Gasteiger partial charge in [-0.15, -0.1) is 11.3 Å². The fourth-order valence-corrected chi connectivity index (χ4v) is 1.89. The topological polar surface area (TPSA) is 55.1 Å². The first-order valence-corrected chi connectivity index (χ1v) is 5.52. The standard InChI is InChI=1S/C8H9ClN2OS2/c1-4(7(10)13)11-8(12)6-5(9)2-3-14-6/h2-4H,1H3,(H2,10,13)(H,11,12).